The van der Waals surface area contributed by atoms with Gasteiger partial charge in [0.2, 0.25) is 0 Å². The summed E-state index contributed by atoms with van der Waals surface area (Å²) in [6.07, 6.45) is 8.01. The molecule has 0 saturated heterocycles. The van der Waals surface area contributed by atoms with E-state index in [2.05, 4.69) is 13.8 Å². The Labute approximate surface area is 105 Å². The van der Waals surface area contributed by atoms with Gasteiger partial charge in [-0.25, -0.2) is 0 Å². The van der Waals surface area contributed by atoms with Crippen molar-refractivity contribution in [1.82, 2.24) is 0 Å². The number of carbonyl (C=O) groups excluding carboxylic acids is 1. The molecule has 0 rings (SSSR count). The van der Waals surface area contributed by atoms with Gasteiger partial charge in [0.25, 0.3) is 0 Å². The maximum atomic E-state index is 11.8. The molecule has 0 radical (unpaired) electrons. The molecule has 0 saturated carbocycles. The van der Waals surface area contributed by atoms with Crippen molar-refractivity contribution >= 4 is 5.78 Å². The van der Waals surface area contributed by atoms with Crippen molar-refractivity contribution < 1.29 is 9.90 Å². The van der Waals surface area contributed by atoms with Crippen LogP contribution < -0.4 is 0 Å². The summed E-state index contributed by atoms with van der Waals surface area (Å²) < 4.78 is 0. The number of carbonyl (C=O) groups is 1. The molecular weight excluding hydrogens is 212 g/mol. The van der Waals surface area contributed by atoms with Gasteiger partial charge in [-0.2, -0.15) is 0 Å². The summed E-state index contributed by atoms with van der Waals surface area (Å²) in [5.41, 5.74) is 0.795. The topological polar surface area (TPSA) is 37.3 Å². The molecule has 0 aliphatic heterocycles. The Morgan fingerprint density at radius 1 is 1.41 bits per heavy atom. The molecule has 0 aromatic heterocycles. The van der Waals surface area contributed by atoms with Gasteiger partial charge in [0.1, 0.15) is 0 Å². The number of allylic oxidation sites excluding steroid dienone is 4. The van der Waals surface area contributed by atoms with Crippen molar-refractivity contribution in [1.29, 1.82) is 0 Å². The number of ketones is 1. The van der Waals surface area contributed by atoms with Crippen LogP contribution in [0.3, 0.4) is 0 Å². The first kappa shape index (κ1) is 16.1. The second-order valence-electron chi connectivity index (χ2n) is 4.67. The van der Waals surface area contributed by atoms with Crippen molar-refractivity contribution in [2.24, 2.45) is 11.8 Å². The van der Waals surface area contributed by atoms with E-state index in [0.717, 1.165) is 18.4 Å². The van der Waals surface area contributed by atoms with Gasteiger partial charge in [-0.15, -0.1) is 0 Å². The third kappa shape index (κ3) is 6.42. The standard InChI is InChI=1S/C15H26O2/c1-5-7-8-13(4)15(17)10-9-14(11-16)12(3)6-2/h5,7-8,12,14,16H,6,9-11H2,1-4H3/b7-5-,13-8+. The molecule has 2 heteroatoms. The van der Waals surface area contributed by atoms with E-state index in [1.54, 1.807) is 0 Å². The summed E-state index contributed by atoms with van der Waals surface area (Å²) in [5, 5.41) is 9.28. The molecule has 2 atom stereocenters. The van der Waals surface area contributed by atoms with Gasteiger partial charge in [-0.1, -0.05) is 38.5 Å². The van der Waals surface area contributed by atoms with Crippen molar-refractivity contribution in [3.05, 3.63) is 23.8 Å². The minimum Gasteiger partial charge on any atom is -0.396 e. The first-order chi connectivity index (χ1) is 8.06. The number of rotatable bonds is 8. The molecule has 1 N–H and O–H groups in total. The van der Waals surface area contributed by atoms with Gasteiger partial charge in [0, 0.05) is 13.0 Å². The number of aliphatic hydroxyl groups is 1. The van der Waals surface area contributed by atoms with Crippen LogP contribution in [0, 0.1) is 11.8 Å². The molecule has 17 heavy (non-hydrogen) atoms. The van der Waals surface area contributed by atoms with Crippen LogP contribution >= 0.6 is 0 Å². The van der Waals surface area contributed by atoms with E-state index in [1.165, 1.54) is 0 Å². The van der Waals surface area contributed by atoms with E-state index in [9.17, 15) is 9.90 Å². The zero-order valence-electron chi connectivity index (χ0n) is 11.6. The predicted octanol–water partition coefficient (Wildman–Crippen LogP) is 3.51. The van der Waals surface area contributed by atoms with Crippen LogP contribution in [0.5, 0.6) is 0 Å². The smallest absolute Gasteiger partial charge is 0.158 e. The van der Waals surface area contributed by atoms with E-state index in [-0.39, 0.29) is 18.3 Å². The normalized spacial score (nSPS) is 16.2. The third-order valence-corrected chi connectivity index (χ3v) is 3.40. The Kier molecular flexibility index (Phi) is 8.69. The molecule has 0 aromatic carbocycles. The van der Waals surface area contributed by atoms with Gasteiger partial charge >= 0.3 is 0 Å². The zero-order valence-corrected chi connectivity index (χ0v) is 11.6. The third-order valence-electron chi connectivity index (χ3n) is 3.40. The first-order valence-electron chi connectivity index (χ1n) is 6.50. The van der Waals surface area contributed by atoms with Gasteiger partial charge in [0.15, 0.2) is 5.78 Å². The molecule has 0 heterocycles. The summed E-state index contributed by atoms with van der Waals surface area (Å²) in [6, 6.07) is 0. The van der Waals surface area contributed by atoms with Crippen molar-refractivity contribution in [3.63, 3.8) is 0 Å². The van der Waals surface area contributed by atoms with Crippen LogP contribution in [0.4, 0.5) is 0 Å². The Morgan fingerprint density at radius 2 is 2.06 bits per heavy atom. The second-order valence-corrected chi connectivity index (χ2v) is 4.67. The molecule has 0 bridgehead atoms. The number of aliphatic hydroxyl groups excluding tert-OH is 1. The minimum absolute atomic E-state index is 0.180. The highest BCUT2D eigenvalue weighted by molar-refractivity contribution is 5.94. The largest absolute Gasteiger partial charge is 0.396 e. The lowest BCUT2D eigenvalue weighted by molar-refractivity contribution is -0.115. The first-order valence-corrected chi connectivity index (χ1v) is 6.50. The average molecular weight is 238 g/mol. The quantitative estimate of drug-likeness (QED) is 0.519. The fourth-order valence-corrected chi connectivity index (χ4v) is 1.74. The Morgan fingerprint density at radius 3 is 2.53 bits per heavy atom. The van der Waals surface area contributed by atoms with Crippen LogP contribution in [-0.4, -0.2) is 17.5 Å². The summed E-state index contributed by atoms with van der Waals surface area (Å²) in [4.78, 5) is 11.8. The Hall–Kier alpha value is -0.890. The molecule has 2 unspecified atom stereocenters. The Balaban J connectivity index is 4.22. The molecule has 98 valence electrons. The van der Waals surface area contributed by atoms with Crippen LogP contribution in [0.15, 0.2) is 23.8 Å². The maximum Gasteiger partial charge on any atom is 0.158 e. The predicted molar refractivity (Wildman–Crippen MR) is 72.8 cm³/mol. The molecule has 0 aromatic rings. The van der Waals surface area contributed by atoms with Gasteiger partial charge in [0.05, 0.1) is 0 Å². The van der Waals surface area contributed by atoms with Crippen LogP contribution in [0.25, 0.3) is 0 Å². The average Bonchev–Trinajstić information content (AvgIpc) is 2.35. The van der Waals surface area contributed by atoms with Gasteiger partial charge in [-0.3, -0.25) is 4.79 Å². The molecular formula is C15H26O2. The molecule has 0 aliphatic carbocycles. The van der Waals surface area contributed by atoms with Crippen LogP contribution in [0.2, 0.25) is 0 Å². The van der Waals surface area contributed by atoms with Gasteiger partial charge < -0.3 is 5.11 Å². The van der Waals surface area contributed by atoms with Crippen molar-refractivity contribution in [3.8, 4) is 0 Å². The highest BCUT2D eigenvalue weighted by Crippen LogP contribution is 2.20. The number of Topliss-reactive ketones (excluding diaryl/α,β-unsaturated/α-hetero) is 1. The lowest BCUT2D eigenvalue weighted by Gasteiger charge is -2.20. The van der Waals surface area contributed by atoms with Crippen molar-refractivity contribution in [2.45, 2.75) is 47.0 Å². The fraction of sp³-hybridized carbons (Fsp3) is 0.667. The second kappa shape index (κ2) is 9.17. The van der Waals surface area contributed by atoms with Gasteiger partial charge in [-0.05, 0) is 37.7 Å². The SMILES string of the molecule is C/C=C\C=C(/C)C(=O)CCC(CO)C(C)CC. The molecule has 0 aliphatic rings. The lowest BCUT2D eigenvalue weighted by atomic mass is 9.87. The monoisotopic (exact) mass is 238 g/mol. The van der Waals surface area contributed by atoms with E-state index >= 15 is 0 Å². The Bertz CT molecular complexity index is 277. The summed E-state index contributed by atoms with van der Waals surface area (Å²) >= 11 is 0. The zero-order chi connectivity index (χ0) is 13.3. The summed E-state index contributed by atoms with van der Waals surface area (Å²) in [7, 11) is 0. The lowest BCUT2D eigenvalue weighted by Crippen LogP contribution is -2.17. The van der Waals surface area contributed by atoms with E-state index in [4.69, 9.17) is 0 Å². The highest BCUT2D eigenvalue weighted by atomic mass is 16.3. The highest BCUT2D eigenvalue weighted by Gasteiger charge is 2.16. The van der Waals surface area contributed by atoms with Crippen LogP contribution in [0.1, 0.15) is 47.0 Å². The van der Waals surface area contributed by atoms with Crippen molar-refractivity contribution in [2.75, 3.05) is 6.61 Å². The minimum atomic E-state index is 0.180. The van der Waals surface area contributed by atoms with E-state index in [0.29, 0.717) is 12.3 Å². The fourth-order valence-electron chi connectivity index (χ4n) is 1.74. The summed E-state index contributed by atoms with van der Waals surface area (Å²) in [5.74, 6) is 0.913. The molecule has 0 fully saturated rings. The molecule has 0 amide bonds. The molecule has 2 nitrogen and oxygen atoms in total. The molecule has 0 spiro atoms. The maximum absolute atomic E-state index is 11.8. The van der Waals surface area contributed by atoms with E-state index in [1.807, 2.05) is 32.1 Å². The number of hydrogen-bond acceptors (Lipinski definition) is 2. The van der Waals surface area contributed by atoms with Crippen LogP contribution in [-0.2, 0) is 4.79 Å². The number of hydrogen-bond donors (Lipinski definition) is 1. The summed E-state index contributed by atoms with van der Waals surface area (Å²) in [6.45, 7) is 8.21. The van der Waals surface area contributed by atoms with E-state index < -0.39 is 0 Å².